The lowest BCUT2D eigenvalue weighted by molar-refractivity contribution is -0.138. The second-order valence-electron chi connectivity index (χ2n) is 6.51. The summed E-state index contributed by atoms with van der Waals surface area (Å²) < 4.78 is 6.10. The number of carbonyl (C=O) groups is 2. The zero-order valence-corrected chi connectivity index (χ0v) is 14.8. The van der Waals surface area contributed by atoms with E-state index in [1.807, 2.05) is 78.9 Å². The summed E-state index contributed by atoms with van der Waals surface area (Å²) in [5.74, 6) is 0.928. The molecule has 1 aliphatic heterocycles. The quantitative estimate of drug-likeness (QED) is 0.502. The Morgan fingerprint density at radius 1 is 0.852 bits per heavy atom. The zero-order chi connectivity index (χ0) is 18.6. The van der Waals surface area contributed by atoms with Crippen LogP contribution in [0.15, 0.2) is 78.6 Å². The molecule has 0 aromatic heterocycles. The van der Waals surface area contributed by atoms with Gasteiger partial charge in [0.25, 0.3) is 0 Å². The number of fused-ring (bicyclic) bond motifs is 1. The summed E-state index contributed by atoms with van der Waals surface area (Å²) in [6.45, 7) is 0.138. The van der Waals surface area contributed by atoms with Crippen molar-refractivity contribution in [1.29, 1.82) is 0 Å². The summed E-state index contributed by atoms with van der Waals surface area (Å²) in [6.07, 6.45) is 2.41. The molecule has 134 valence electrons. The molecule has 4 heteroatoms. The Bertz CT molecular complexity index is 1010. The third kappa shape index (κ3) is 3.90. The van der Waals surface area contributed by atoms with Crippen molar-refractivity contribution in [3.05, 3.63) is 84.1 Å². The third-order valence-electron chi connectivity index (χ3n) is 4.57. The average molecular weight is 357 g/mol. The molecule has 0 aliphatic carbocycles. The van der Waals surface area contributed by atoms with Crippen LogP contribution >= 0.6 is 0 Å². The van der Waals surface area contributed by atoms with Gasteiger partial charge in [0.05, 0.1) is 6.54 Å². The van der Waals surface area contributed by atoms with E-state index in [1.54, 1.807) is 0 Å². The van der Waals surface area contributed by atoms with Gasteiger partial charge >= 0.3 is 0 Å². The maximum Gasteiger partial charge on any atom is 0.230 e. The van der Waals surface area contributed by atoms with E-state index in [4.69, 9.17) is 4.74 Å². The Labute approximate surface area is 157 Å². The summed E-state index contributed by atoms with van der Waals surface area (Å²) in [5.41, 5.74) is 0.951. The molecule has 0 bridgehead atoms. The molecule has 0 N–H and O–H groups in total. The molecule has 1 heterocycles. The first-order chi connectivity index (χ1) is 13.2. The fourth-order valence-corrected chi connectivity index (χ4v) is 3.18. The first-order valence-corrected chi connectivity index (χ1v) is 8.94. The van der Waals surface area contributed by atoms with Crippen LogP contribution in [-0.4, -0.2) is 23.3 Å². The van der Waals surface area contributed by atoms with Crippen LogP contribution in [0.1, 0.15) is 18.4 Å². The van der Waals surface area contributed by atoms with E-state index >= 15 is 0 Å². The largest absolute Gasteiger partial charge is 0.460 e. The molecule has 1 aliphatic rings. The molecule has 3 aromatic rings. The number of benzene rings is 3. The number of hydrogen-bond acceptors (Lipinski definition) is 3. The third-order valence-corrected chi connectivity index (χ3v) is 4.57. The lowest BCUT2D eigenvalue weighted by Gasteiger charge is -2.17. The van der Waals surface area contributed by atoms with Gasteiger partial charge in [-0.15, -0.1) is 0 Å². The zero-order valence-electron chi connectivity index (χ0n) is 14.8. The maximum atomic E-state index is 12.0. The Morgan fingerprint density at radius 3 is 2.26 bits per heavy atom. The van der Waals surface area contributed by atoms with E-state index in [0.29, 0.717) is 11.5 Å². The lowest BCUT2D eigenvalue weighted by atomic mass is 10.1. The molecule has 4 nitrogen and oxygen atoms in total. The second kappa shape index (κ2) is 7.46. The summed E-state index contributed by atoms with van der Waals surface area (Å²) in [7, 11) is 0. The van der Waals surface area contributed by atoms with Crippen molar-refractivity contribution in [2.24, 2.45) is 0 Å². The molecule has 0 spiro atoms. The molecule has 0 unspecified atom stereocenters. The molecule has 1 saturated heterocycles. The van der Waals surface area contributed by atoms with Gasteiger partial charge in [0.1, 0.15) is 11.5 Å². The van der Waals surface area contributed by atoms with Gasteiger partial charge in [-0.1, -0.05) is 60.7 Å². The van der Waals surface area contributed by atoms with Gasteiger partial charge in [-0.2, -0.15) is 0 Å². The Morgan fingerprint density at radius 2 is 1.52 bits per heavy atom. The van der Waals surface area contributed by atoms with Gasteiger partial charge in [-0.25, -0.2) is 0 Å². The Balaban J connectivity index is 1.65. The maximum absolute atomic E-state index is 12.0. The van der Waals surface area contributed by atoms with E-state index in [1.165, 1.54) is 4.90 Å². The van der Waals surface area contributed by atoms with E-state index in [-0.39, 0.29) is 31.2 Å². The van der Waals surface area contributed by atoms with Crippen LogP contribution in [0.5, 0.6) is 5.75 Å². The van der Waals surface area contributed by atoms with Gasteiger partial charge in [-0.05, 0) is 34.5 Å². The minimum atomic E-state index is -0.152. The lowest BCUT2D eigenvalue weighted by Crippen LogP contribution is -2.32. The number of likely N-dealkylation sites (tertiary alicyclic amines) is 1. The average Bonchev–Trinajstić information content (AvgIpc) is 3.01. The smallest absolute Gasteiger partial charge is 0.230 e. The number of amides is 2. The topological polar surface area (TPSA) is 46.6 Å². The first kappa shape index (κ1) is 17.0. The van der Waals surface area contributed by atoms with Crippen LogP contribution in [0.3, 0.4) is 0 Å². The van der Waals surface area contributed by atoms with Gasteiger partial charge in [0.2, 0.25) is 11.8 Å². The molecule has 4 rings (SSSR count). The predicted molar refractivity (Wildman–Crippen MR) is 105 cm³/mol. The number of hydrogen-bond donors (Lipinski definition) is 0. The van der Waals surface area contributed by atoms with E-state index in [2.05, 4.69) is 0 Å². The molecular weight excluding hydrogens is 338 g/mol. The summed E-state index contributed by atoms with van der Waals surface area (Å²) in [5, 5.41) is 2.20. The van der Waals surface area contributed by atoms with Gasteiger partial charge in [0, 0.05) is 12.8 Å². The number of imide groups is 1. The highest BCUT2D eigenvalue weighted by atomic mass is 16.5. The van der Waals surface area contributed by atoms with E-state index < -0.39 is 0 Å². The van der Waals surface area contributed by atoms with E-state index in [9.17, 15) is 9.59 Å². The van der Waals surface area contributed by atoms with Crippen molar-refractivity contribution >= 4 is 28.7 Å². The summed E-state index contributed by atoms with van der Waals surface area (Å²) in [6, 6.07) is 23.6. The standard InChI is InChI=1S/C23H19NO3/c25-22-12-13-23(26)24(22)16-21(14-17-6-2-1-3-7-17)27-20-11-10-18-8-4-5-9-19(18)15-20/h1-11,14-15H,12-13,16H2/b21-14-. The van der Waals surface area contributed by atoms with Gasteiger partial charge in [0.15, 0.2) is 0 Å². The molecule has 1 fully saturated rings. The summed E-state index contributed by atoms with van der Waals surface area (Å²) >= 11 is 0. The molecule has 3 aromatic carbocycles. The SMILES string of the molecule is O=C1CCC(=O)N1C/C(=C/c1ccccc1)Oc1ccc2ccccc2c1. The first-order valence-electron chi connectivity index (χ1n) is 8.94. The highest BCUT2D eigenvalue weighted by molar-refractivity contribution is 6.02. The normalized spacial score (nSPS) is 14.8. The minimum Gasteiger partial charge on any atom is -0.460 e. The van der Waals surface area contributed by atoms with Crippen LogP contribution in [0.2, 0.25) is 0 Å². The number of rotatable bonds is 5. The summed E-state index contributed by atoms with van der Waals surface area (Å²) in [4.78, 5) is 25.3. The number of nitrogens with zero attached hydrogens (tertiary/aromatic N) is 1. The second-order valence-corrected chi connectivity index (χ2v) is 6.51. The Kier molecular flexibility index (Phi) is 4.71. The molecule has 0 saturated carbocycles. The van der Waals surface area contributed by atoms with Crippen molar-refractivity contribution < 1.29 is 14.3 Å². The van der Waals surface area contributed by atoms with Crippen LogP contribution in [0.25, 0.3) is 16.8 Å². The van der Waals surface area contributed by atoms with Crippen molar-refractivity contribution in [3.63, 3.8) is 0 Å². The van der Waals surface area contributed by atoms with E-state index in [0.717, 1.165) is 16.3 Å². The van der Waals surface area contributed by atoms with Crippen LogP contribution in [-0.2, 0) is 9.59 Å². The highest BCUT2D eigenvalue weighted by Crippen LogP contribution is 2.24. The van der Waals surface area contributed by atoms with Crippen LogP contribution < -0.4 is 4.74 Å². The van der Waals surface area contributed by atoms with Gasteiger partial charge in [-0.3, -0.25) is 14.5 Å². The molecule has 0 radical (unpaired) electrons. The highest BCUT2D eigenvalue weighted by Gasteiger charge is 2.29. The van der Waals surface area contributed by atoms with Crippen molar-refractivity contribution in [1.82, 2.24) is 4.90 Å². The van der Waals surface area contributed by atoms with Crippen molar-refractivity contribution in [3.8, 4) is 5.75 Å². The van der Waals surface area contributed by atoms with Crippen molar-refractivity contribution in [2.45, 2.75) is 12.8 Å². The molecule has 0 atom stereocenters. The van der Waals surface area contributed by atoms with Gasteiger partial charge < -0.3 is 4.74 Å². The Hall–Kier alpha value is -3.40. The number of ether oxygens (including phenoxy) is 1. The fraction of sp³-hybridized carbons (Fsp3) is 0.130. The van der Waals surface area contributed by atoms with Crippen molar-refractivity contribution in [2.75, 3.05) is 6.54 Å². The molecule has 27 heavy (non-hydrogen) atoms. The monoisotopic (exact) mass is 357 g/mol. The predicted octanol–water partition coefficient (Wildman–Crippen LogP) is 4.41. The minimum absolute atomic E-state index is 0.138. The molecular formula is C23H19NO3. The molecule has 2 amide bonds. The number of carbonyl (C=O) groups excluding carboxylic acids is 2. The van der Waals surface area contributed by atoms with Crippen LogP contribution in [0, 0.1) is 0 Å². The van der Waals surface area contributed by atoms with Crippen LogP contribution in [0.4, 0.5) is 0 Å². The fourth-order valence-electron chi connectivity index (χ4n) is 3.18.